The van der Waals surface area contributed by atoms with Crippen molar-refractivity contribution in [2.45, 2.75) is 58.0 Å². The monoisotopic (exact) mass is 600 g/mol. The van der Waals surface area contributed by atoms with Crippen LogP contribution in [0.2, 0.25) is 8.26 Å². The van der Waals surface area contributed by atoms with Gasteiger partial charge in [-0.05, 0) is 0 Å². The van der Waals surface area contributed by atoms with Crippen molar-refractivity contribution in [2.75, 3.05) is 0 Å². The molecule has 0 unspecified atom stereocenters. The normalized spacial score (nSPS) is 14.9. The second kappa shape index (κ2) is 8.32. The Bertz CT molecular complexity index is 342. The molecule has 2 radical (unpaired) electrons. The van der Waals surface area contributed by atoms with Gasteiger partial charge in [-0.25, -0.2) is 0 Å². The molecule has 2 nitrogen and oxygen atoms in total. The molecule has 0 bridgehead atoms. The molecule has 1 N–H and O–H groups in total. The topological polar surface area (TPSA) is 43.3 Å². The van der Waals surface area contributed by atoms with Crippen LogP contribution < -0.4 is 5.11 Å². The molecule has 0 amide bonds. The van der Waals surface area contributed by atoms with Crippen LogP contribution in [0, 0.1) is 0 Å². The molecule has 0 atom stereocenters. The van der Waals surface area contributed by atoms with E-state index < -0.39 is 35.9 Å². The summed E-state index contributed by atoms with van der Waals surface area (Å²) in [5.74, 6) is 0. The summed E-state index contributed by atoms with van der Waals surface area (Å²) in [5.41, 5.74) is -15.4. The summed E-state index contributed by atoms with van der Waals surface area (Å²) in [4.78, 5) is 0. The molecule has 0 aromatic carbocycles. The Labute approximate surface area is 144 Å². The van der Waals surface area contributed by atoms with E-state index >= 15 is 0 Å². The fourth-order valence-electron chi connectivity index (χ4n) is 1.35. The van der Waals surface area contributed by atoms with Crippen molar-refractivity contribution in [3.8, 4) is 0 Å². The number of hydrogen-bond acceptors (Lipinski definition) is 2. The van der Waals surface area contributed by atoms with Crippen molar-refractivity contribution in [3.63, 3.8) is 0 Å². The van der Waals surface area contributed by atoms with E-state index in [1.807, 2.05) is 0 Å². The van der Waals surface area contributed by atoms with Crippen LogP contribution in [0.4, 0.5) is 52.7 Å². The van der Waals surface area contributed by atoms with Crippen molar-refractivity contribution in [1.29, 1.82) is 0 Å². The Hall–Kier alpha value is -0.0369. The van der Waals surface area contributed by atoms with Crippen LogP contribution in [-0.2, 0) is 0 Å². The summed E-state index contributed by atoms with van der Waals surface area (Å²) in [6.07, 6.45) is -30.4. The van der Waals surface area contributed by atoms with Crippen LogP contribution in [0.1, 0.15) is 13.8 Å². The Balaban J connectivity index is 0. The zero-order valence-electron chi connectivity index (χ0n) is 12.3. The summed E-state index contributed by atoms with van der Waals surface area (Å²) in [7, 11) is 0. The largest absolute Gasteiger partial charge is 0.834 e. The first kappa shape index (κ1) is 27.2. The average molecular weight is 600 g/mol. The molecule has 0 aromatic rings. The van der Waals surface area contributed by atoms with E-state index in [2.05, 4.69) is 13.8 Å². The van der Waals surface area contributed by atoms with Crippen LogP contribution in [-0.4, -0.2) is 64.2 Å². The van der Waals surface area contributed by atoms with Gasteiger partial charge >= 0.3 is 70.0 Å². The molecule has 0 saturated heterocycles. The van der Waals surface area contributed by atoms with Crippen LogP contribution in [0.3, 0.4) is 0 Å². The summed E-state index contributed by atoms with van der Waals surface area (Å²) in [6, 6.07) is 0. The quantitative estimate of drug-likeness (QED) is 0.398. The Morgan fingerprint density at radius 2 is 0.880 bits per heavy atom. The maximum atomic E-state index is 12.0. The standard InChI is InChI=1S/C6HF12O2.2C2H5.Bi/c7-3(8,9)1(19,4(10,11)12)2(20,5(13,14)15)6(16,17)18;2*1-2;/h19H;2*1H2,2H3;/q-1;;;+1. The Morgan fingerprint density at radius 1 is 0.640 bits per heavy atom. The molecule has 0 aliphatic rings. The maximum Gasteiger partial charge on any atom is 0.426 e. The molecule has 25 heavy (non-hydrogen) atoms. The van der Waals surface area contributed by atoms with Crippen molar-refractivity contribution in [2.24, 2.45) is 0 Å². The third-order valence-electron chi connectivity index (χ3n) is 2.58. The first-order valence-electron chi connectivity index (χ1n) is 5.99. The minimum absolute atomic E-state index is 0.145. The van der Waals surface area contributed by atoms with E-state index in [4.69, 9.17) is 5.11 Å². The van der Waals surface area contributed by atoms with Gasteiger partial charge in [0.1, 0.15) is 5.60 Å². The van der Waals surface area contributed by atoms with E-state index in [-0.39, 0.29) is 23.2 Å². The van der Waals surface area contributed by atoms with Crippen molar-refractivity contribution in [3.05, 3.63) is 0 Å². The molecule has 152 valence electrons. The molecule has 0 aliphatic heterocycles. The van der Waals surface area contributed by atoms with Gasteiger partial charge < -0.3 is 10.2 Å². The molecule has 0 rings (SSSR count). The van der Waals surface area contributed by atoms with Crippen molar-refractivity contribution >= 4 is 23.2 Å². The van der Waals surface area contributed by atoms with Crippen LogP contribution >= 0.6 is 0 Å². The Morgan fingerprint density at radius 3 is 0.920 bits per heavy atom. The molecule has 0 saturated carbocycles. The summed E-state index contributed by atoms with van der Waals surface area (Å²) in [6.45, 7) is 4.58. The van der Waals surface area contributed by atoms with Crippen LogP contribution in [0.25, 0.3) is 0 Å². The molecule has 0 heterocycles. The molecule has 0 fully saturated rings. The van der Waals surface area contributed by atoms with Gasteiger partial charge in [-0.15, -0.1) is 0 Å². The maximum absolute atomic E-state index is 12.0. The zero-order chi connectivity index (χ0) is 21.1. The van der Waals surface area contributed by atoms with Gasteiger partial charge in [0.25, 0.3) is 5.60 Å². The second-order valence-corrected chi connectivity index (χ2v) is 10.9. The van der Waals surface area contributed by atoms with E-state index in [0.29, 0.717) is 0 Å². The third kappa shape index (κ3) is 5.24. The van der Waals surface area contributed by atoms with E-state index in [1.54, 1.807) is 0 Å². The molecular formula is C10H11BiF12O2. The van der Waals surface area contributed by atoms with Gasteiger partial charge in [0.2, 0.25) is 0 Å². The van der Waals surface area contributed by atoms with Gasteiger partial charge in [-0.1, -0.05) is 0 Å². The summed E-state index contributed by atoms with van der Waals surface area (Å²) < 4.78 is 147. The fourth-order valence-corrected chi connectivity index (χ4v) is 3.09. The second-order valence-electron chi connectivity index (χ2n) is 4.24. The van der Waals surface area contributed by atoms with Gasteiger partial charge in [0.15, 0.2) is 0 Å². The van der Waals surface area contributed by atoms with Crippen LogP contribution in [0.15, 0.2) is 0 Å². The number of hydrogen-bond donors (Lipinski definition) is 1. The number of halogens is 12. The first-order chi connectivity index (χ1) is 10.7. The van der Waals surface area contributed by atoms with E-state index in [0.717, 1.165) is 0 Å². The fraction of sp³-hybridized carbons (Fsp3) is 1.00. The van der Waals surface area contributed by atoms with Crippen LogP contribution in [0.5, 0.6) is 0 Å². The number of alkyl halides is 12. The van der Waals surface area contributed by atoms with E-state index in [9.17, 15) is 57.8 Å². The van der Waals surface area contributed by atoms with Gasteiger partial charge in [0.05, 0.1) is 0 Å². The number of aliphatic hydroxyl groups is 1. The average Bonchev–Trinajstić information content (AvgIpc) is 2.33. The van der Waals surface area contributed by atoms with Crippen molar-refractivity contribution < 1.29 is 62.9 Å². The molecule has 15 heteroatoms. The SMILES string of the molecule is C[CH2][Bi+][CH2]C.[O-]C(C(F)(F)F)(C(F)(F)F)C(O)(C(F)(F)F)C(F)(F)F. The minimum atomic E-state index is -7.75. The predicted octanol–water partition coefficient (Wildman–Crippen LogP) is 3.63. The first-order valence-corrected chi connectivity index (χ1v) is 10.9. The minimum Gasteiger partial charge on any atom is -0.834 e. The van der Waals surface area contributed by atoms with Gasteiger partial charge in [-0.3, -0.25) is 0 Å². The zero-order valence-corrected chi connectivity index (χ0v) is 15.7. The predicted molar refractivity (Wildman–Crippen MR) is 58.6 cm³/mol. The molecule has 0 aromatic heterocycles. The summed E-state index contributed by atoms with van der Waals surface area (Å²) >= 11 is 0.145. The third-order valence-corrected chi connectivity index (χ3v) is 6.05. The summed E-state index contributed by atoms with van der Waals surface area (Å²) in [5, 5.41) is 18.6. The van der Waals surface area contributed by atoms with Crippen molar-refractivity contribution in [1.82, 2.24) is 0 Å². The molecule has 0 aliphatic carbocycles. The van der Waals surface area contributed by atoms with E-state index in [1.165, 1.54) is 8.26 Å². The smallest absolute Gasteiger partial charge is 0.426 e. The van der Waals surface area contributed by atoms with Gasteiger partial charge in [0, 0.05) is 0 Å². The Kier molecular flexibility index (Phi) is 9.05. The molecular weight excluding hydrogens is 589 g/mol. The molecule has 0 spiro atoms. The number of rotatable bonds is 3. The van der Waals surface area contributed by atoms with Gasteiger partial charge in [-0.2, -0.15) is 52.7 Å².